The second kappa shape index (κ2) is 8.93. The van der Waals surface area contributed by atoms with Crippen molar-refractivity contribution in [1.82, 2.24) is 9.47 Å². The molecule has 5 rings (SSSR count). The van der Waals surface area contributed by atoms with Gasteiger partial charge < -0.3 is 14.3 Å². The second-order valence-electron chi connectivity index (χ2n) is 8.69. The third-order valence-corrected chi connectivity index (χ3v) is 6.62. The van der Waals surface area contributed by atoms with Crippen LogP contribution in [0.25, 0.3) is 11.1 Å². The minimum absolute atomic E-state index is 0.156. The molecule has 1 aliphatic rings. The lowest BCUT2D eigenvalue weighted by molar-refractivity contribution is -0.0327. The molecule has 0 aliphatic carbocycles. The fourth-order valence-corrected chi connectivity index (χ4v) is 4.55. The van der Waals surface area contributed by atoms with Gasteiger partial charge in [-0.3, -0.25) is 14.3 Å². The summed E-state index contributed by atoms with van der Waals surface area (Å²) in [7, 11) is 1.57. The molecule has 34 heavy (non-hydrogen) atoms. The summed E-state index contributed by atoms with van der Waals surface area (Å²) in [6.07, 6.45) is 1.17. The van der Waals surface area contributed by atoms with Crippen LogP contribution in [-0.4, -0.2) is 40.6 Å². The Morgan fingerprint density at radius 3 is 2.35 bits per heavy atom. The highest BCUT2D eigenvalue weighted by atomic mass is 16.5. The maximum Gasteiger partial charge on any atom is 0.421 e. The summed E-state index contributed by atoms with van der Waals surface area (Å²) in [5.41, 5.74) is 2.07. The summed E-state index contributed by atoms with van der Waals surface area (Å²) in [4.78, 5) is 27.6. The normalized spacial score (nSPS) is 15.9. The highest BCUT2D eigenvalue weighted by Crippen LogP contribution is 2.33. The number of carbonyl (C=O) groups is 1. The van der Waals surface area contributed by atoms with E-state index in [1.807, 2.05) is 30.3 Å². The Labute approximate surface area is 196 Å². The minimum Gasteiger partial charge on any atom is -0.497 e. The van der Waals surface area contributed by atoms with Crippen molar-refractivity contribution in [3.8, 4) is 5.75 Å². The van der Waals surface area contributed by atoms with E-state index in [2.05, 4.69) is 4.90 Å². The molecule has 4 aromatic rings. The van der Waals surface area contributed by atoms with E-state index in [9.17, 15) is 14.7 Å². The topological polar surface area (TPSA) is 84.9 Å². The number of piperidine rings is 1. The summed E-state index contributed by atoms with van der Waals surface area (Å²) < 4.78 is 12.2. The van der Waals surface area contributed by atoms with E-state index in [-0.39, 0.29) is 5.78 Å². The largest absolute Gasteiger partial charge is 0.497 e. The molecule has 7 nitrogen and oxygen atoms in total. The number of likely N-dealkylation sites (tertiary alicyclic amines) is 1. The Balaban J connectivity index is 1.32. The smallest absolute Gasteiger partial charge is 0.421 e. The number of ether oxygens (including phenoxy) is 1. The first-order chi connectivity index (χ1) is 16.5. The van der Waals surface area contributed by atoms with Crippen molar-refractivity contribution < 1.29 is 19.1 Å². The van der Waals surface area contributed by atoms with Crippen molar-refractivity contribution in [2.75, 3.05) is 20.2 Å². The van der Waals surface area contributed by atoms with E-state index < -0.39 is 11.4 Å². The van der Waals surface area contributed by atoms with E-state index in [0.29, 0.717) is 60.6 Å². The third-order valence-electron chi connectivity index (χ3n) is 6.62. The number of benzene rings is 3. The first-order valence-corrected chi connectivity index (χ1v) is 11.3. The van der Waals surface area contributed by atoms with Crippen LogP contribution in [-0.2, 0) is 12.3 Å². The predicted octanol–water partition coefficient (Wildman–Crippen LogP) is 3.78. The fraction of sp³-hybridized carbons (Fsp3) is 0.259. The minimum atomic E-state index is -0.849. The molecule has 0 atom stereocenters. The van der Waals surface area contributed by atoms with Crippen LogP contribution in [0, 0.1) is 0 Å². The second-order valence-corrected chi connectivity index (χ2v) is 8.69. The quantitative estimate of drug-likeness (QED) is 0.443. The Kier molecular flexibility index (Phi) is 5.81. The van der Waals surface area contributed by atoms with E-state index in [1.165, 1.54) is 0 Å². The number of ketones is 1. The Hall–Kier alpha value is -3.68. The van der Waals surface area contributed by atoms with Gasteiger partial charge in [-0.25, -0.2) is 4.79 Å². The molecule has 1 aliphatic heterocycles. The first-order valence-electron chi connectivity index (χ1n) is 11.3. The average Bonchev–Trinajstić information content (AvgIpc) is 3.19. The van der Waals surface area contributed by atoms with Gasteiger partial charge in [-0.05, 0) is 60.9 Å². The van der Waals surface area contributed by atoms with Crippen LogP contribution in [0.1, 0.15) is 34.3 Å². The van der Waals surface area contributed by atoms with Crippen molar-refractivity contribution >= 4 is 16.9 Å². The van der Waals surface area contributed by atoms with Gasteiger partial charge in [0.05, 0.1) is 24.9 Å². The fourth-order valence-electron chi connectivity index (χ4n) is 4.55. The van der Waals surface area contributed by atoms with Gasteiger partial charge >= 0.3 is 5.76 Å². The summed E-state index contributed by atoms with van der Waals surface area (Å²) >= 11 is 0. The van der Waals surface area contributed by atoms with Crippen LogP contribution in [0.2, 0.25) is 0 Å². The third kappa shape index (κ3) is 4.16. The van der Waals surface area contributed by atoms with E-state index in [4.69, 9.17) is 9.15 Å². The summed E-state index contributed by atoms with van der Waals surface area (Å²) in [5, 5.41) is 11.1. The van der Waals surface area contributed by atoms with Gasteiger partial charge in [0.1, 0.15) is 5.75 Å². The molecule has 3 aromatic carbocycles. The number of aromatic nitrogens is 1. The molecule has 2 heterocycles. The summed E-state index contributed by atoms with van der Waals surface area (Å²) in [5.74, 6) is 0.0547. The molecule has 7 heteroatoms. The summed E-state index contributed by atoms with van der Waals surface area (Å²) in [6.45, 7) is 1.67. The number of nitrogens with zero attached hydrogens (tertiary/aromatic N) is 2. The van der Waals surface area contributed by atoms with E-state index in [1.54, 1.807) is 54.1 Å². The summed E-state index contributed by atoms with van der Waals surface area (Å²) in [6, 6.07) is 21.7. The molecule has 174 valence electrons. The van der Waals surface area contributed by atoms with Crippen LogP contribution in [0.5, 0.6) is 5.75 Å². The molecular weight excluding hydrogens is 432 g/mol. The zero-order valence-corrected chi connectivity index (χ0v) is 18.9. The average molecular weight is 459 g/mol. The number of aliphatic hydroxyl groups is 1. The number of carbonyl (C=O) groups excluding carboxylic acids is 1. The van der Waals surface area contributed by atoms with Crippen LogP contribution >= 0.6 is 0 Å². The zero-order valence-electron chi connectivity index (χ0n) is 18.9. The Morgan fingerprint density at radius 2 is 1.68 bits per heavy atom. The molecular formula is C27H26N2O5. The molecule has 0 radical (unpaired) electrons. The zero-order chi connectivity index (χ0) is 23.7. The van der Waals surface area contributed by atoms with Gasteiger partial charge in [0.15, 0.2) is 11.4 Å². The van der Waals surface area contributed by atoms with Crippen molar-refractivity contribution in [1.29, 1.82) is 0 Å². The van der Waals surface area contributed by atoms with E-state index in [0.717, 1.165) is 5.56 Å². The standard InChI is InChI=1S/C27H26N2O5/c1-33-22-10-7-19(8-11-22)25(30)20-9-12-23-24(17-20)34-26(31)29(23)18-28-15-13-27(32,14-16-28)21-5-3-2-4-6-21/h2-12,17,32H,13-16,18H2,1H3. The van der Waals surface area contributed by atoms with Crippen molar-refractivity contribution in [3.05, 3.63) is 100 Å². The lowest BCUT2D eigenvalue weighted by atomic mass is 9.84. The van der Waals surface area contributed by atoms with Crippen LogP contribution in [0.4, 0.5) is 0 Å². The molecule has 1 aromatic heterocycles. The van der Waals surface area contributed by atoms with Gasteiger partial charge in [0.25, 0.3) is 0 Å². The highest BCUT2D eigenvalue weighted by Gasteiger charge is 2.34. The molecule has 0 saturated carbocycles. The molecule has 0 spiro atoms. The van der Waals surface area contributed by atoms with Gasteiger partial charge in [0.2, 0.25) is 0 Å². The van der Waals surface area contributed by atoms with Crippen molar-refractivity contribution in [2.24, 2.45) is 0 Å². The molecule has 1 fully saturated rings. The first kappa shape index (κ1) is 22.1. The monoisotopic (exact) mass is 458 g/mol. The number of hydrogen-bond donors (Lipinski definition) is 1. The lowest BCUT2D eigenvalue weighted by Gasteiger charge is -2.38. The maximum atomic E-state index is 12.9. The maximum absolute atomic E-state index is 12.9. The van der Waals surface area contributed by atoms with Crippen LogP contribution < -0.4 is 10.5 Å². The Morgan fingerprint density at radius 1 is 1.00 bits per heavy atom. The SMILES string of the molecule is COc1ccc(C(=O)c2ccc3c(c2)oc(=O)n3CN2CCC(O)(c3ccccc3)CC2)cc1. The van der Waals surface area contributed by atoms with Crippen LogP contribution in [0.3, 0.4) is 0 Å². The number of fused-ring (bicyclic) bond motifs is 1. The van der Waals surface area contributed by atoms with Gasteiger partial charge in [-0.2, -0.15) is 0 Å². The number of hydrogen-bond acceptors (Lipinski definition) is 6. The number of rotatable bonds is 6. The molecule has 1 N–H and O–H groups in total. The highest BCUT2D eigenvalue weighted by molar-refractivity contribution is 6.10. The number of oxazole rings is 1. The van der Waals surface area contributed by atoms with Gasteiger partial charge in [0, 0.05) is 24.2 Å². The van der Waals surface area contributed by atoms with E-state index >= 15 is 0 Å². The Bertz CT molecular complexity index is 1360. The molecule has 0 amide bonds. The molecule has 0 unspecified atom stereocenters. The van der Waals surface area contributed by atoms with Crippen molar-refractivity contribution in [2.45, 2.75) is 25.1 Å². The van der Waals surface area contributed by atoms with Gasteiger partial charge in [-0.15, -0.1) is 0 Å². The predicted molar refractivity (Wildman–Crippen MR) is 128 cm³/mol. The molecule has 1 saturated heterocycles. The number of methoxy groups -OCH3 is 1. The van der Waals surface area contributed by atoms with Crippen LogP contribution in [0.15, 0.2) is 82.0 Å². The van der Waals surface area contributed by atoms with Crippen molar-refractivity contribution in [3.63, 3.8) is 0 Å². The lowest BCUT2D eigenvalue weighted by Crippen LogP contribution is -2.44. The van der Waals surface area contributed by atoms with Gasteiger partial charge in [-0.1, -0.05) is 30.3 Å². The molecule has 0 bridgehead atoms.